The van der Waals surface area contributed by atoms with Crippen LogP contribution < -0.4 is 9.64 Å². The van der Waals surface area contributed by atoms with Gasteiger partial charge in [-0.3, -0.25) is 14.0 Å². The number of piperazine rings is 1. The van der Waals surface area contributed by atoms with Gasteiger partial charge in [-0.2, -0.15) is 0 Å². The van der Waals surface area contributed by atoms with Gasteiger partial charge >= 0.3 is 0 Å². The molecule has 1 saturated carbocycles. The number of anilines is 1. The number of ether oxygens (including phenoxy) is 1. The summed E-state index contributed by atoms with van der Waals surface area (Å²) in [5.74, 6) is 2.82. The van der Waals surface area contributed by atoms with Crippen molar-refractivity contribution in [2.24, 2.45) is 11.8 Å². The van der Waals surface area contributed by atoms with E-state index in [0.29, 0.717) is 29.9 Å². The van der Waals surface area contributed by atoms with Crippen molar-refractivity contribution in [1.29, 1.82) is 0 Å². The summed E-state index contributed by atoms with van der Waals surface area (Å²) in [5.41, 5.74) is 2.32. The Hall–Kier alpha value is -1.62. The Kier molecular flexibility index (Phi) is 7.44. The fourth-order valence-corrected chi connectivity index (χ4v) is 6.71. The van der Waals surface area contributed by atoms with Crippen molar-refractivity contribution in [3.05, 3.63) is 46.7 Å². The minimum atomic E-state index is -2.61. The lowest BCUT2D eigenvalue weighted by Gasteiger charge is -2.44. The first kappa shape index (κ1) is 25.0. The van der Waals surface area contributed by atoms with E-state index >= 15 is 0 Å². The first-order chi connectivity index (χ1) is 16.8. The normalized spacial score (nSPS) is 26.2. The highest BCUT2D eigenvalue weighted by atomic mass is 35.5. The molecule has 2 aromatic rings. The van der Waals surface area contributed by atoms with Crippen LogP contribution in [0.15, 0.2) is 30.6 Å². The molecule has 2 N–H and O–H groups in total. The first-order valence-electron chi connectivity index (χ1n) is 12.5. The first-order valence-corrected chi connectivity index (χ1v) is 14.8. The summed E-state index contributed by atoms with van der Waals surface area (Å²) in [6, 6.07) is 6.10. The Morgan fingerprint density at radius 1 is 1.03 bits per heavy atom. The number of hydrogen-bond acceptors (Lipinski definition) is 8. The molecule has 8 nitrogen and oxygen atoms in total. The van der Waals surface area contributed by atoms with Crippen molar-refractivity contribution in [3.63, 3.8) is 0 Å². The summed E-state index contributed by atoms with van der Waals surface area (Å²) >= 11 is 6.62. The molecule has 5 rings (SSSR count). The van der Waals surface area contributed by atoms with Crippen molar-refractivity contribution in [2.45, 2.75) is 38.8 Å². The molecule has 0 bridgehead atoms. The van der Waals surface area contributed by atoms with Gasteiger partial charge in [0.2, 0.25) is 5.95 Å². The van der Waals surface area contributed by atoms with Crippen LogP contribution in [-0.2, 0) is 13.0 Å². The van der Waals surface area contributed by atoms with E-state index in [1.54, 1.807) is 4.31 Å². The molecule has 2 unspecified atom stereocenters. The molecule has 3 heterocycles. The molecule has 2 aliphatic heterocycles. The van der Waals surface area contributed by atoms with Crippen LogP contribution in [0.25, 0.3) is 0 Å². The van der Waals surface area contributed by atoms with Crippen LogP contribution in [0.2, 0.25) is 5.02 Å². The summed E-state index contributed by atoms with van der Waals surface area (Å²) in [6.07, 6.45) is 8.60. The summed E-state index contributed by atoms with van der Waals surface area (Å²) in [5, 5.41) is 0.659. The van der Waals surface area contributed by atoms with Crippen molar-refractivity contribution in [2.75, 3.05) is 50.4 Å². The van der Waals surface area contributed by atoms with Gasteiger partial charge in [0.15, 0.2) is 0 Å². The van der Waals surface area contributed by atoms with E-state index in [0.717, 1.165) is 69.2 Å². The maximum absolute atomic E-state index is 9.84. The van der Waals surface area contributed by atoms with Gasteiger partial charge < -0.3 is 9.64 Å². The van der Waals surface area contributed by atoms with E-state index in [9.17, 15) is 9.11 Å². The van der Waals surface area contributed by atoms with Gasteiger partial charge in [0, 0.05) is 64.5 Å². The third-order valence-electron chi connectivity index (χ3n) is 7.61. The van der Waals surface area contributed by atoms with Crippen LogP contribution in [0.5, 0.6) is 5.75 Å². The summed E-state index contributed by atoms with van der Waals surface area (Å²) < 4.78 is 27.8. The van der Waals surface area contributed by atoms with Crippen LogP contribution in [0.3, 0.4) is 0 Å². The predicted molar refractivity (Wildman–Crippen MR) is 141 cm³/mol. The number of halogens is 1. The molecule has 192 valence electrons. The Labute approximate surface area is 214 Å². The minimum absolute atomic E-state index is 0.195. The Balaban J connectivity index is 1.11. The smallest absolute Gasteiger partial charge is 0.225 e. The molecule has 35 heavy (non-hydrogen) atoms. The summed E-state index contributed by atoms with van der Waals surface area (Å²) in [6.45, 7) is 7.81. The number of nitrogens with zero attached hydrogens (tertiary/aromatic N) is 5. The second-order valence-electron chi connectivity index (χ2n) is 10.1. The maximum atomic E-state index is 9.84. The van der Waals surface area contributed by atoms with E-state index < -0.39 is 10.8 Å². The van der Waals surface area contributed by atoms with E-state index in [4.69, 9.17) is 16.3 Å². The van der Waals surface area contributed by atoms with Crippen LogP contribution in [0.4, 0.5) is 5.95 Å². The molecular formula is C25H36ClN5O3S. The lowest BCUT2D eigenvalue weighted by molar-refractivity contribution is 0.173. The average molecular weight is 522 g/mol. The standard InChI is InChI=1S/C25H36ClN5O3S/c1-3-18-13-27-25(28-14-18)30-16-20-11-22(12-21(20)17-30)34-24-5-4-19(10-23(24)26)15-29-6-8-31(9-7-29)35(2,32)33/h4-5,10,13-14,20-22,32-33H,3,6-9,11-12,15-17H2,1-2H3. The summed E-state index contributed by atoms with van der Waals surface area (Å²) in [4.78, 5) is 13.8. The van der Waals surface area contributed by atoms with E-state index in [1.807, 2.05) is 24.5 Å². The van der Waals surface area contributed by atoms with Crippen molar-refractivity contribution in [3.8, 4) is 5.75 Å². The average Bonchev–Trinajstić information content (AvgIpc) is 3.39. The van der Waals surface area contributed by atoms with Gasteiger partial charge in [-0.05, 0) is 54.4 Å². The third-order valence-corrected chi connectivity index (χ3v) is 9.25. The molecule has 2 saturated heterocycles. The predicted octanol–water partition coefficient (Wildman–Crippen LogP) is 4.40. The Bertz CT molecular complexity index is 999. The molecule has 0 radical (unpaired) electrons. The molecule has 3 aliphatic rings. The van der Waals surface area contributed by atoms with Crippen molar-refractivity contribution >= 4 is 28.3 Å². The highest BCUT2D eigenvalue weighted by Crippen LogP contribution is 2.42. The summed E-state index contributed by atoms with van der Waals surface area (Å²) in [7, 11) is -2.61. The molecular weight excluding hydrogens is 486 g/mol. The van der Waals surface area contributed by atoms with E-state index in [1.165, 1.54) is 11.8 Å². The van der Waals surface area contributed by atoms with E-state index in [-0.39, 0.29) is 6.10 Å². The molecule has 3 fully saturated rings. The second-order valence-corrected chi connectivity index (χ2v) is 12.7. The van der Waals surface area contributed by atoms with Gasteiger partial charge in [0.25, 0.3) is 0 Å². The number of aryl methyl sites for hydroxylation is 1. The van der Waals surface area contributed by atoms with Crippen LogP contribution in [0, 0.1) is 11.8 Å². The number of benzene rings is 1. The van der Waals surface area contributed by atoms with Gasteiger partial charge in [0.1, 0.15) is 5.75 Å². The topological polar surface area (TPSA) is 85.2 Å². The van der Waals surface area contributed by atoms with Crippen molar-refractivity contribution < 1.29 is 13.8 Å². The molecule has 1 aliphatic carbocycles. The lowest BCUT2D eigenvalue weighted by atomic mass is 10.0. The third kappa shape index (κ3) is 5.87. The number of aromatic nitrogens is 2. The zero-order valence-electron chi connectivity index (χ0n) is 20.5. The largest absolute Gasteiger partial charge is 0.489 e. The van der Waals surface area contributed by atoms with Crippen molar-refractivity contribution in [1.82, 2.24) is 19.2 Å². The van der Waals surface area contributed by atoms with Crippen LogP contribution >= 0.6 is 22.4 Å². The van der Waals surface area contributed by atoms with Gasteiger partial charge in [0.05, 0.1) is 11.1 Å². The molecule has 2 atom stereocenters. The zero-order valence-corrected chi connectivity index (χ0v) is 22.1. The lowest BCUT2D eigenvalue weighted by Crippen LogP contribution is -2.46. The van der Waals surface area contributed by atoms with Crippen LogP contribution in [-0.4, -0.2) is 79.9 Å². The second kappa shape index (κ2) is 10.4. The van der Waals surface area contributed by atoms with Gasteiger partial charge in [-0.25, -0.2) is 14.3 Å². The monoisotopic (exact) mass is 521 g/mol. The highest BCUT2D eigenvalue weighted by molar-refractivity contribution is 8.21. The molecule has 0 spiro atoms. The number of rotatable bonds is 7. The SMILES string of the molecule is CCc1cnc(N2CC3CC(Oc4ccc(CN5CCN(S(C)(O)O)CC5)cc4Cl)CC3C2)nc1. The van der Waals surface area contributed by atoms with Crippen LogP contribution in [0.1, 0.15) is 30.9 Å². The quantitative estimate of drug-likeness (QED) is 0.554. The highest BCUT2D eigenvalue weighted by Gasteiger charge is 2.42. The minimum Gasteiger partial charge on any atom is -0.489 e. The molecule has 10 heteroatoms. The zero-order chi connectivity index (χ0) is 24.6. The number of hydrogen-bond donors (Lipinski definition) is 2. The fraction of sp³-hybridized carbons (Fsp3) is 0.600. The van der Waals surface area contributed by atoms with Gasteiger partial charge in [-0.1, -0.05) is 24.6 Å². The molecule has 1 aromatic carbocycles. The molecule has 1 aromatic heterocycles. The maximum Gasteiger partial charge on any atom is 0.225 e. The Morgan fingerprint density at radius 2 is 1.69 bits per heavy atom. The Morgan fingerprint density at radius 3 is 2.26 bits per heavy atom. The fourth-order valence-electron chi connectivity index (χ4n) is 5.61. The number of fused-ring (bicyclic) bond motifs is 1. The van der Waals surface area contributed by atoms with E-state index in [2.05, 4.69) is 32.8 Å². The van der Waals surface area contributed by atoms with Gasteiger partial charge in [-0.15, -0.1) is 10.8 Å². The molecule has 0 amide bonds.